The zero-order valence-corrected chi connectivity index (χ0v) is 8.36. The van der Waals surface area contributed by atoms with Gasteiger partial charge in [0.25, 0.3) is 0 Å². The second-order valence-electron chi connectivity index (χ2n) is 3.75. The fraction of sp³-hybridized carbons (Fsp3) is 0.455. The molecule has 0 aromatic heterocycles. The first-order valence-corrected chi connectivity index (χ1v) is 4.95. The Morgan fingerprint density at radius 3 is 2.43 bits per heavy atom. The molecule has 0 bridgehead atoms. The minimum Gasteiger partial charge on any atom is -0.497 e. The second-order valence-corrected chi connectivity index (χ2v) is 3.75. The number of hydrogen-bond acceptors (Lipinski definition) is 3. The molecule has 3 nitrogen and oxygen atoms in total. The Labute approximate surface area is 84.2 Å². The zero-order chi connectivity index (χ0) is 9.97. The molecular weight excluding hydrogens is 176 g/mol. The lowest BCUT2D eigenvalue weighted by atomic mass is 10.0. The molecule has 2 rings (SSSR count). The molecule has 76 valence electrons. The van der Waals surface area contributed by atoms with Gasteiger partial charge in [-0.1, -0.05) is 12.1 Å². The molecule has 0 amide bonds. The normalized spacial score (nSPS) is 17.9. The molecule has 1 saturated carbocycles. The smallest absolute Gasteiger partial charge is 0.118 e. The third-order valence-electron chi connectivity index (χ3n) is 2.75. The van der Waals surface area contributed by atoms with Crippen LogP contribution in [0.15, 0.2) is 24.3 Å². The number of hydrazine groups is 1. The number of rotatable bonds is 4. The van der Waals surface area contributed by atoms with E-state index in [1.807, 2.05) is 12.1 Å². The third-order valence-corrected chi connectivity index (χ3v) is 2.75. The van der Waals surface area contributed by atoms with Gasteiger partial charge in [-0.3, -0.25) is 11.3 Å². The predicted molar refractivity (Wildman–Crippen MR) is 55.8 cm³/mol. The van der Waals surface area contributed by atoms with Gasteiger partial charge in [0.2, 0.25) is 0 Å². The fourth-order valence-corrected chi connectivity index (χ4v) is 1.75. The highest BCUT2D eigenvalue weighted by atomic mass is 16.5. The molecule has 14 heavy (non-hydrogen) atoms. The van der Waals surface area contributed by atoms with E-state index in [0.717, 1.165) is 5.75 Å². The van der Waals surface area contributed by atoms with Gasteiger partial charge in [-0.05, 0) is 36.5 Å². The molecule has 1 atom stereocenters. The average Bonchev–Trinajstić information content (AvgIpc) is 3.04. The highest BCUT2D eigenvalue weighted by molar-refractivity contribution is 5.29. The van der Waals surface area contributed by atoms with Crippen molar-refractivity contribution in [1.82, 2.24) is 5.43 Å². The maximum Gasteiger partial charge on any atom is 0.118 e. The van der Waals surface area contributed by atoms with Crippen molar-refractivity contribution in [3.05, 3.63) is 29.8 Å². The maximum atomic E-state index is 5.54. The van der Waals surface area contributed by atoms with Crippen LogP contribution in [0.25, 0.3) is 0 Å². The average molecular weight is 192 g/mol. The van der Waals surface area contributed by atoms with Crippen LogP contribution in [-0.4, -0.2) is 7.11 Å². The molecule has 0 heterocycles. The van der Waals surface area contributed by atoms with Crippen molar-refractivity contribution in [3.63, 3.8) is 0 Å². The first-order chi connectivity index (χ1) is 6.85. The summed E-state index contributed by atoms with van der Waals surface area (Å²) in [5, 5.41) is 0. The second kappa shape index (κ2) is 3.98. The first kappa shape index (κ1) is 9.49. The lowest BCUT2D eigenvalue weighted by Gasteiger charge is -2.15. The van der Waals surface area contributed by atoms with Gasteiger partial charge in [-0.15, -0.1) is 0 Å². The number of benzene rings is 1. The van der Waals surface area contributed by atoms with E-state index in [0.29, 0.717) is 12.0 Å². The summed E-state index contributed by atoms with van der Waals surface area (Å²) in [6.45, 7) is 0. The van der Waals surface area contributed by atoms with Crippen LogP contribution in [0.2, 0.25) is 0 Å². The molecule has 1 aromatic rings. The molecule has 1 fully saturated rings. The van der Waals surface area contributed by atoms with Crippen LogP contribution < -0.4 is 16.0 Å². The molecule has 0 spiro atoms. The van der Waals surface area contributed by atoms with Gasteiger partial charge in [-0.25, -0.2) is 0 Å². The Morgan fingerprint density at radius 2 is 2.00 bits per heavy atom. The van der Waals surface area contributed by atoms with Crippen molar-refractivity contribution in [2.45, 2.75) is 18.9 Å². The highest BCUT2D eigenvalue weighted by Gasteiger charge is 2.31. The van der Waals surface area contributed by atoms with Crippen LogP contribution in [0.3, 0.4) is 0 Å². The lowest BCUT2D eigenvalue weighted by molar-refractivity contribution is 0.414. The lowest BCUT2D eigenvalue weighted by Crippen LogP contribution is -2.29. The first-order valence-electron chi connectivity index (χ1n) is 4.95. The number of nitrogens with one attached hydrogen (secondary N) is 1. The standard InChI is InChI=1S/C11H16N2O/c1-14-10-6-4-9(5-7-10)11(13-12)8-2-3-8/h4-8,11,13H,2-3,12H2,1H3/t11-/m1/s1. The summed E-state index contributed by atoms with van der Waals surface area (Å²) in [5.41, 5.74) is 4.12. The van der Waals surface area contributed by atoms with Gasteiger partial charge in [0.15, 0.2) is 0 Å². The number of ether oxygens (including phenoxy) is 1. The van der Waals surface area contributed by atoms with Crippen LogP contribution in [0.4, 0.5) is 0 Å². The van der Waals surface area contributed by atoms with Gasteiger partial charge in [0.05, 0.1) is 7.11 Å². The number of nitrogens with two attached hydrogens (primary N) is 1. The Kier molecular flexibility index (Phi) is 2.70. The number of hydrogen-bond donors (Lipinski definition) is 2. The van der Waals surface area contributed by atoms with Gasteiger partial charge in [-0.2, -0.15) is 0 Å². The largest absolute Gasteiger partial charge is 0.497 e. The quantitative estimate of drug-likeness (QED) is 0.563. The molecule has 0 aliphatic heterocycles. The zero-order valence-electron chi connectivity index (χ0n) is 8.36. The summed E-state index contributed by atoms with van der Waals surface area (Å²) in [7, 11) is 1.68. The van der Waals surface area contributed by atoms with E-state index in [4.69, 9.17) is 10.6 Å². The Bertz CT molecular complexity index is 293. The van der Waals surface area contributed by atoms with Crippen LogP contribution in [-0.2, 0) is 0 Å². The molecule has 3 heteroatoms. The van der Waals surface area contributed by atoms with Gasteiger partial charge < -0.3 is 4.74 Å². The van der Waals surface area contributed by atoms with E-state index in [-0.39, 0.29) is 0 Å². The summed E-state index contributed by atoms with van der Waals surface area (Å²) >= 11 is 0. The highest BCUT2D eigenvalue weighted by Crippen LogP contribution is 2.40. The molecular formula is C11H16N2O. The van der Waals surface area contributed by atoms with Crippen LogP contribution >= 0.6 is 0 Å². The fourth-order valence-electron chi connectivity index (χ4n) is 1.75. The van der Waals surface area contributed by atoms with Gasteiger partial charge in [0.1, 0.15) is 5.75 Å². The molecule has 3 N–H and O–H groups in total. The topological polar surface area (TPSA) is 47.3 Å². The number of methoxy groups -OCH3 is 1. The Morgan fingerprint density at radius 1 is 1.36 bits per heavy atom. The van der Waals surface area contributed by atoms with Crippen molar-refractivity contribution in [2.24, 2.45) is 11.8 Å². The monoisotopic (exact) mass is 192 g/mol. The molecule has 1 aliphatic rings. The van der Waals surface area contributed by atoms with E-state index < -0.39 is 0 Å². The summed E-state index contributed by atoms with van der Waals surface area (Å²) < 4.78 is 5.11. The summed E-state index contributed by atoms with van der Waals surface area (Å²) in [4.78, 5) is 0. The van der Waals surface area contributed by atoms with E-state index in [2.05, 4.69) is 17.6 Å². The van der Waals surface area contributed by atoms with Gasteiger partial charge >= 0.3 is 0 Å². The molecule has 0 radical (unpaired) electrons. The van der Waals surface area contributed by atoms with Crippen molar-refractivity contribution >= 4 is 0 Å². The Balaban J connectivity index is 2.13. The van der Waals surface area contributed by atoms with Gasteiger partial charge in [0, 0.05) is 6.04 Å². The summed E-state index contributed by atoms with van der Waals surface area (Å²) in [6, 6.07) is 8.40. The van der Waals surface area contributed by atoms with Crippen LogP contribution in [0, 0.1) is 5.92 Å². The van der Waals surface area contributed by atoms with E-state index >= 15 is 0 Å². The minimum atomic E-state index is 0.306. The van der Waals surface area contributed by atoms with Crippen LogP contribution in [0.1, 0.15) is 24.4 Å². The molecule has 1 aliphatic carbocycles. The van der Waals surface area contributed by atoms with Crippen LogP contribution in [0.5, 0.6) is 5.75 Å². The third kappa shape index (κ3) is 1.89. The SMILES string of the molecule is COc1ccc([C@H](NN)C2CC2)cc1. The molecule has 0 unspecified atom stereocenters. The summed E-state index contributed by atoms with van der Waals surface area (Å²) in [6.07, 6.45) is 2.56. The van der Waals surface area contributed by atoms with E-state index in [9.17, 15) is 0 Å². The Hall–Kier alpha value is -1.06. The maximum absolute atomic E-state index is 5.54. The predicted octanol–water partition coefficient (Wildman–Crippen LogP) is 1.61. The van der Waals surface area contributed by atoms with Crippen molar-refractivity contribution < 1.29 is 4.74 Å². The van der Waals surface area contributed by atoms with E-state index in [1.54, 1.807) is 7.11 Å². The van der Waals surface area contributed by atoms with Crippen molar-refractivity contribution in [3.8, 4) is 5.75 Å². The van der Waals surface area contributed by atoms with E-state index in [1.165, 1.54) is 18.4 Å². The summed E-state index contributed by atoms with van der Waals surface area (Å²) in [5.74, 6) is 7.14. The minimum absolute atomic E-state index is 0.306. The molecule has 1 aromatic carbocycles. The van der Waals surface area contributed by atoms with Crippen molar-refractivity contribution in [2.75, 3.05) is 7.11 Å². The molecule has 0 saturated heterocycles. The van der Waals surface area contributed by atoms with Crippen molar-refractivity contribution in [1.29, 1.82) is 0 Å².